The molecule has 28 heavy (non-hydrogen) atoms. The second-order valence-electron chi connectivity index (χ2n) is 6.56. The minimum atomic E-state index is -0.350. The number of carbonyl (C=O) groups is 2. The van der Waals surface area contributed by atoms with Crippen molar-refractivity contribution < 1.29 is 18.7 Å². The molecule has 0 spiro atoms. The van der Waals surface area contributed by atoms with Crippen molar-refractivity contribution in [1.82, 2.24) is 5.32 Å². The average molecular weight is 398 g/mol. The van der Waals surface area contributed by atoms with E-state index in [1.54, 1.807) is 31.4 Å². The van der Waals surface area contributed by atoms with Gasteiger partial charge in [0, 0.05) is 0 Å². The third kappa shape index (κ3) is 4.61. The number of hydrogen-bond acceptors (Lipinski definition) is 5. The number of amides is 2. The lowest BCUT2D eigenvalue weighted by Gasteiger charge is -2.23. The second-order valence-corrected chi connectivity index (χ2v) is 7.65. The molecule has 2 N–H and O–H groups in total. The van der Waals surface area contributed by atoms with Gasteiger partial charge in [0.15, 0.2) is 5.76 Å². The summed E-state index contributed by atoms with van der Waals surface area (Å²) in [6.45, 7) is 4.11. The maximum Gasteiger partial charge on any atom is 0.291 e. The monoisotopic (exact) mass is 398 g/mol. The number of methoxy groups -OCH3 is 1. The first kappa shape index (κ1) is 19.7. The molecule has 1 atom stereocenters. The lowest BCUT2D eigenvalue weighted by molar-refractivity contribution is 0.0929. The first-order valence-corrected chi connectivity index (χ1v) is 9.69. The van der Waals surface area contributed by atoms with Crippen LogP contribution in [0.15, 0.2) is 59.2 Å². The van der Waals surface area contributed by atoms with E-state index in [2.05, 4.69) is 24.5 Å². The topological polar surface area (TPSA) is 80.6 Å². The fourth-order valence-electron chi connectivity index (χ4n) is 2.77. The van der Waals surface area contributed by atoms with Crippen molar-refractivity contribution >= 4 is 28.2 Å². The van der Waals surface area contributed by atoms with Gasteiger partial charge in [-0.2, -0.15) is 0 Å². The van der Waals surface area contributed by atoms with E-state index >= 15 is 0 Å². The van der Waals surface area contributed by atoms with Crippen LogP contribution in [-0.2, 0) is 0 Å². The van der Waals surface area contributed by atoms with Crippen LogP contribution >= 0.6 is 11.3 Å². The number of ether oxygens (including phenoxy) is 1. The molecule has 1 unspecified atom stereocenters. The molecule has 2 amide bonds. The summed E-state index contributed by atoms with van der Waals surface area (Å²) in [6.07, 6.45) is 1.44. The molecular formula is C21H22N2O4S. The number of carbonyl (C=O) groups excluding carboxylic acids is 2. The third-order valence-electron chi connectivity index (χ3n) is 4.24. The number of rotatable bonds is 7. The van der Waals surface area contributed by atoms with Gasteiger partial charge in [-0.1, -0.05) is 26.0 Å². The summed E-state index contributed by atoms with van der Waals surface area (Å²) in [5.74, 6) is 0.664. The summed E-state index contributed by atoms with van der Waals surface area (Å²) in [5.41, 5.74) is 1.01. The predicted octanol–water partition coefficient (Wildman–Crippen LogP) is 4.73. The molecule has 2 aromatic heterocycles. The number of nitrogens with one attached hydrogen (secondary N) is 2. The fourth-order valence-corrected chi connectivity index (χ4v) is 3.57. The molecule has 0 aliphatic carbocycles. The van der Waals surface area contributed by atoms with E-state index in [0.717, 1.165) is 11.3 Å². The zero-order valence-corrected chi connectivity index (χ0v) is 16.7. The summed E-state index contributed by atoms with van der Waals surface area (Å²) >= 11 is 1.22. The number of furan rings is 1. The zero-order chi connectivity index (χ0) is 20.1. The number of hydrogen-bond donors (Lipinski definition) is 2. The van der Waals surface area contributed by atoms with Crippen molar-refractivity contribution in [2.24, 2.45) is 5.92 Å². The van der Waals surface area contributed by atoms with Crippen LogP contribution in [0.3, 0.4) is 0 Å². The van der Waals surface area contributed by atoms with Crippen LogP contribution in [0, 0.1) is 5.92 Å². The van der Waals surface area contributed by atoms with Crippen LogP contribution in [0.1, 0.15) is 45.7 Å². The molecule has 0 aliphatic rings. The van der Waals surface area contributed by atoms with Gasteiger partial charge in [0.2, 0.25) is 0 Å². The Morgan fingerprint density at radius 2 is 1.79 bits per heavy atom. The van der Waals surface area contributed by atoms with Crippen molar-refractivity contribution in [3.05, 3.63) is 71.0 Å². The van der Waals surface area contributed by atoms with Crippen molar-refractivity contribution in [3.8, 4) is 5.75 Å². The average Bonchev–Trinajstić information content (AvgIpc) is 3.38. The Hall–Kier alpha value is -3.06. The van der Waals surface area contributed by atoms with Gasteiger partial charge < -0.3 is 19.8 Å². The summed E-state index contributed by atoms with van der Waals surface area (Å²) in [6, 6.07) is 14.2. The van der Waals surface area contributed by atoms with Crippen LogP contribution in [0.4, 0.5) is 5.00 Å². The number of thiophene rings is 1. The van der Waals surface area contributed by atoms with E-state index in [0.29, 0.717) is 9.88 Å². The largest absolute Gasteiger partial charge is 0.497 e. The number of benzene rings is 1. The molecule has 0 saturated carbocycles. The molecule has 0 fully saturated rings. The first-order valence-electron chi connectivity index (χ1n) is 8.87. The Morgan fingerprint density at radius 1 is 1.04 bits per heavy atom. The Morgan fingerprint density at radius 3 is 2.39 bits per heavy atom. The lowest BCUT2D eigenvalue weighted by Crippen LogP contribution is -2.31. The molecule has 6 nitrogen and oxygen atoms in total. The van der Waals surface area contributed by atoms with E-state index in [1.165, 1.54) is 17.6 Å². The van der Waals surface area contributed by atoms with E-state index in [1.807, 2.05) is 24.3 Å². The minimum absolute atomic E-state index is 0.137. The van der Waals surface area contributed by atoms with Gasteiger partial charge in [0.05, 0.1) is 29.3 Å². The lowest BCUT2D eigenvalue weighted by atomic mass is 9.96. The molecule has 0 bridgehead atoms. The second kappa shape index (κ2) is 8.75. The summed E-state index contributed by atoms with van der Waals surface area (Å²) in [5, 5.41) is 6.39. The standard InChI is InChI=1S/C21H22N2O4S/c1-13(2)19(14-6-8-15(26-3)9-7-14)23-21(25)17-10-11-18(28-17)22-20(24)16-5-4-12-27-16/h4-13,19H,1-3H3,(H,22,24)(H,23,25). The Labute approximate surface area is 167 Å². The van der Waals surface area contributed by atoms with Crippen LogP contribution < -0.4 is 15.4 Å². The molecule has 2 heterocycles. The SMILES string of the molecule is COc1ccc(C(NC(=O)c2ccc(NC(=O)c3ccco3)s2)C(C)C)cc1. The molecule has 3 rings (SSSR count). The smallest absolute Gasteiger partial charge is 0.291 e. The highest BCUT2D eigenvalue weighted by Crippen LogP contribution is 2.27. The molecule has 0 radical (unpaired) electrons. The van der Waals surface area contributed by atoms with Crippen LogP contribution in [0.2, 0.25) is 0 Å². The summed E-state index contributed by atoms with van der Waals surface area (Å²) < 4.78 is 10.3. The van der Waals surface area contributed by atoms with E-state index in [4.69, 9.17) is 9.15 Å². The van der Waals surface area contributed by atoms with Crippen molar-refractivity contribution in [2.45, 2.75) is 19.9 Å². The first-order chi connectivity index (χ1) is 13.5. The maximum absolute atomic E-state index is 12.7. The highest BCUT2D eigenvalue weighted by atomic mass is 32.1. The molecular weight excluding hydrogens is 376 g/mol. The van der Waals surface area contributed by atoms with Gasteiger partial charge >= 0.3 is 0 Å². The minimum Gasteiger partial charge on any atom is -0.497 e. The van der Waals surface area contributed by atoms with Crippen molar-refractivity contribution in [2.75, 3.05) is 12.4 Å². The summed E-state index contributed by atoms with van der Waals surface area (Å²) in [7, 11) is 1.62. The van der Waals surface area contributed by atoms with Crippen LogP contribution in [0.25, 0.3) is 0 Å². The van der Waals surface area contributed by atoms with Gasteiger partial charge in [-0.05, 0) is 47.9 Å². The normalized spacial score (nSPS) is 11.9. The van der Waals surface area contributed by atoms with Gasteiger partial charge in [0.25, 0.3) is 11.8 Å². The Kier molecular flexibility index (Phi) is 6.16. The van der Waals surface area contributed by atoms with E-state index in [9.17, 15) is 9.59 Å². The van der Waals surface area contributed by atoms with Crippen LogP contribution in [-0.4, -0.2) is 18.9 Å². The van der Waals surface area contributed by atoms with E-state index in [-0.39, 0.29) is 29.5 Å². The molecule has 3 aromatic rings. The van der Waals surface area contributed by atoms with Gasteiger partial charge in [-0.25, -0.2) is 0 Å². The molecule has 146 valence electrons. The van der Waals surface area contributed by atoms with E-state index < -0.39 is 0 Å². The van der Waals surface area contributed by atoms with Crippen molar-refractivity contribution in [3.63, 3.8) is 0 Å². The fraction of sp³-hybridized carbons (Fsp3) is 0.238. The maximum atomic E-state index is 12.7. The highest BCUT2D eigenvalue weighted by Gasteiger charge is 2.21. The van der Waals surface area contributed by atoms with Gasteiger partial charge in [-0.3, -0.25) is 9.59 Å². The summed E-state index contributed by atoms with van der Waals surface area (Å²) in [4.78, 5) is 25.3. The molecule has 0 aliphatic heterocycles. The van der Waals surface area contributed by atoms with Gasteiger partial charge in [0.1, 0.15) is 5.75 Å². The Bertz CT molecular complexity index is 930. The molecule has 1 aromatic carbocycles. The predicted molar refractivity (Wildman–Crippen MR) is 109 cm³/mol. The zero-order valence-electron chi connectivity index (χ0n) is 15.9. The molecule has 0 saturated heterocycles. The van der Waals surface area contributed by atoms with Crippen molar-refractivity contribution in [1.29, 1.82) is 0 Å². The molecule has 7 heteroatoms. The number of anilines is 1. The van der Waals surface area contributed by atoms with Gasteiger partial charge in [-0.15, -0.1) is 11.3 Å². The Balaban J connectivity index is 1.68. The highest BCUT2D eigenvalue weighted by molar-refractivity contribution is 7.18. The quantitative estimate of drug-likeness (QED) is 0.603. The third-order valence-corrected chi connectivity index (χ3v) is 5.24. The van der Waals surface area contributed by atoms with Crippen LogP contribution in [0.5, 0.6) is 5.75 Å².